The first-order valence-electron chi connectivity index (χ1n) is 5.43. The first-order chi connectivity index (χ1) is 7.62. The van der Waals surface area contributed by atoms with Gasteiger partial charge in [0.25, 0.3) is 0 Å². The predicted molar refractivity (Wildman–Crippen MR) is 56.5 cm³/mol. The summed E-state index contributed by atoms with van der Waals surface area (Å²) < 4.78 is 46.8. The fourth-order valence-electron chi connectivity index (χ4n) is 1.38. The van der Waals surface area contributed by atoms with E-state index in [0.29, 0.717) is 6.42 Å². The third-order valence-corrected chi connectivity index (χ3v) is 2.17. The standard InChI is InChI=1S/C11H19F3O3/c1-5-6-9(15)17-10(2,3)7-8(16-4)11(12,13)14/h8H,5-7H2,1-4H3. The minimum absolute atomic E-state index is 0.201. The van der Waals surface area contributed by atoms with Crippen LogP contribution in [0.25, 0.3) is 0 Å². The van der Waals surface area contributed by atoms with Crippen molar-refractivity contribution in [3.8, 4) is 0 Å². The number of methoxy groups -OCH3 is 1. The van der Waals surface area contributed by atoms with Gasteiger partial charge in [-0.1, -0.05) is 6.92 Å². The molecule has 0 aliphatic heterocycles. The second-order valence-electron chi connectivity index (χ2n) is 4.45. The van der Waals surface area contributed by atoms with Crippen molar-refractivity contribution in [2.24, 2.45) is 0 Å². The van der Waals surface area contributed by atoms with E-state index in [1.807, 2.05) is 0 Å². The zero-order chi connectivity index (χ0) is 13.7. The van der Waals surface area contributed by atoms with Gasteiger partial charge in [-0.15, -0.1) is 0 Å². The second kappa shape index (κ2) is 6.23. The summed E-state index contributed by atoms with van der Waals surface area (Å²) in [5.41, 5.74) is -1.19. The number of hydrogen-bond acceptors (Lipinski definition) is 3. The number of esters is 1. The average molecular weight is 256 g/mol. The average Bonchev–Trinajstić information content (AvgIpc) is 2.11. The summed E-state index contributed by atoms with van der Waals surface area (Å²) >= 11 is 0. The smallest absolute Gasteiger partial charge is 0.414 e. The van der Waals surface area contributed by atoms with Crippen molar-refractivity contribution < 1.29 is 27.4 Å². The number of carbonyl (C=O) groups excluding carboxylic acids is 1. The van der Waals surface area contributed by atoms with E-state index in [9.17, 15) is 18.0 Å². The van der Waals surface area contributed by atoms with Gasteiger partial charge in [0.2, 0.25) is 0 Å². The molecule has 102 valence electrons. The van der Waals surface area contributed by atoms with Crippen molar-refractivity contribution in [2.75, 3.05) is 7.11 Å². The number of alkyl halides is 3. The minimum Gasteiger partial charge on any atom is -0.460 e. The Morgan fingerprint density at radius 3 is 2.18 bits per heavy atom. The van der Waals surface area contributed by atoms with Gasteiger partial charge in [0.1, 0.15) is 5.60 Å². The molecule has 3 nitrogen and oxygen atoms in total. The molecule has 0 aromatic carbocycles. The van der Waals surface area contributed by atoms with Gasteiger partial charge >= 0.3 is 12.1 Å². The molecular weight excluding hydrogens is 237 g/mol. The summed E-state index contributed by atoms with van der Waals surface area (Å²) in [6.07, 6.45) is -5.99. The van der Waals surface area contributed by atoms with Crippen LogP contribution in [0.15, 0.2) is 0 Å². The quantitative estimate of drug-likeness (QED) is 0.685. The summed E-state index contributed by atoms with van der Waals surface area (Å²) in [6.45, 7) is 4.68. The molecule has 17 heavy (non-hydrogen) atoms. The van der Waals surface area contributed by atoms with Crippen molar-refractivity contribution in [1.29, 1.82) is 0 Å². The van der Waals surface area contributed by atoms with Crippen molar-refractivity contribution in [3.05, 3.63) is 0 Å². The summed E-state index contributed by atoms with van der Waals surface area (Å²) in [5.74, 6) is -0.491. The first kappa shape index (κ1) is 16.2. The number of carbonyl (C=O) groups is 1. The van der Waals surface area contributed by atoms with Gasteiger partial charge in [-0.2, -0.15) is 13.2 Å². The molecule has 0 radical (unpaired) electrons. The maximum Gasteiger partial charge on any atom is 0.414 e. The van der Waals surface area contributed by atoms with Gasteiger partial charge in [-0.3, -0.25) is 4.79 Å². The largest absolute Gasteiger partial charge is 0.460 e. The number of ether oxygens (including phenoxy) is 2. The summed E-state index contributed by atoms with van der Waals surface area (Å²) in [4.78, 5) is 11.2. The maximum atomic E-state index is 12.5. The Bertz CT molecular complexity index is 249. The van der Waals surface area contributed by atoms with Gasteiger partial charge in [0, 0.05) is 20.0 Å². The van der Waals surface area contributed by atoms with Crippen molar-refractivity contribution in [2.45, 2.75) is 57.9 Å². The van der Waals surface area contributed by atoms with Crippen molar-refractivity contribution in [1.82, 2.24) is 0 Å². The molecule has 0 bridgehead atoms. The third kappa shape index (κ3) is 6.51. The van der Waals surface area contributed by atoms with Crippen LogP contribution in [-0.4, -0.2) is 31.0 Å². The van der Waals surface area contributed by atoms with Crippen LogP contribution in [0.3, 0.4) is 0 Å². The molecule has 0 fully saturated rings. The Hall–Kier alpha value is -0.780. The van der Waals surface area contributed by atoms with Crippen molar-refractivity contribution >= 4 is 5.97 Å². The van der Waals surface area contributed by atoms with Crippen LogP contribution in [-0.2, 0) is 14.3 Å². The second-order valence-corrected chi connectivity index (χ2v) is 4.45. The van der Waals surface area contributed by atoms with Crippen LogP contribution in [0.1, 0.15) is 40.0 Å². The molecule has 0 aromatic heterocycles. The Kier molecular flexibility index (Phi) is 5.95. The summed E-state index contributed by atoms with van der Waals surface area (Å²) in [7, 11) is 0.988. The molecule has 0 aliphatic carbocycles. The van der Waals surface area contributed by atoms with E-state index in [1.165, 1.54) is 13.8 Å². The van der Waals surface area contributed by atoms with Gasteiger partial charge in [-0.25, -0.2) is 0 Å². The van der Waals surface area contributed by atoms with E-state index >= 15 is 0 Å². The van der Waals surface area contributed by atoms with Crippen LogP contribution < -0.4 is 0 Å². The molecule has 0 N–H and O–H groups in total. The van der Waals surface area contributed by atoms with E-state index < -0.39 is 30.3 Å². The van der Waals surface area contributed by atoms with Gasteiger partial charge in [0.05, 0.1) is 0 Å². The van der Waals surface area contributed by atoms with E-state index in [4.69, 9.17) is 4.74 Å². The molecule has 1 unspecified atom stereocenters. The topological polar surface area (TPSA) is 35.5 Å². The lowest BCUT2D eigenvalue weighted by molar-refractivity contribution is -0.227. The molecular formula is C11H19F3O3. The lowest BCUT2D eigenvalue weighted by Crippen LogP contribution is -2.40. The number of halogens is 3. The molecule has 0 rings (SSSR count). The number of hydrogen-bond donors (Lipinski definition) is 0. The monoisotopic (exact) mass is 256 g/mol. The van der Waals surface area contributed by atoms with E-state index in [-0.39, 0.29) is 6.42 Å². The number of rotatable bonds is 6. The lowest BCUT2D eigenvalue weighted by Gasteiger charge is -2.30. The highest BCUT2D eigenvalue weighted by molar-refractivity contribution is 5.69. The summed E-state index contributed by atoms with van der Waals surface area (Å²) in [5, 5.41) is 0. The SMILES string of the molecule is CCCC(=O)OC(C)(C)CC(OC)C(F)(F)F. The fraction of sp³-hybridized carbons (Fsp3) is 0.909. The Labute approximate surface area is 99.3 Å². The molecule has 0 saturated carbocycles. The highest BCUT2D eigenvalue weighted by atomic mass is 19.4. The normalized spacial score (nSPS) is 14.5. The Balaban J connectivity index is 4.46. The molecule has 0 aliphatic rings. The van der Waals surface area contributed by atoms with E-state index in [1.54, 1.807) is 6.92 Å². The van der Waals surface area contributed by atoms with Crippen molar-refractivity contribution in [3.63, 3.8) is 0 Å². The van der Waals surface area contributed by atoms with Gasteiger partial charge in [-0.05, 0) is 20.3 Å². The zero-order valence-electron chi connectivity index (χ0n) is 10.6. The predicted octanol–water partition coefficient (Wildman–Crippen LogP) is 3.08. The Morgan fingerprint density at radius 2 is 1.82 bits per heavy atom. The third-order valence-electron chi connectivity index (χ3n) is 2.17. The molecule has 0 aromatic rings. The lowest BCUT2D eigenvalue weighted by atomic mass is 10.00. The minimum atomic E-state index is -4.46. The van der Waals surface area contributed by atoms with Gasteiger partial charge < -0.3 is 9.47 Å². The van der Waals surface area contributed by atoms with E-state index in [2.05, 4.69) is 4.74 Å². The Morgan fingerprint density at radius 1 is 1.29 bits per heavy atom. The molecule has 1 atom stereocenters. The maximum absolute atomic E-state index is 12.5. The van der Waals surface area contributed by atoms with Crippen LogP contribution >= 0.6 is 0 Å². The fourth-order valence-corrected chi connectivity index (χ4v) is 1.38. The van der Waals surface area contributed by atoms with Crippen LogP contribution in [0.4, 0.5) is 13.2 Å². The molecule has 0 heterocycles. The van der Waals surface area contributed by atoms with E-state index in [0.717, 1.165) is 7.11 Å². The van der Waals surface area contributed by atoms with Crippen LogP contribution in [0.2, 0.25) is 0 Å². The molecule has 0 saturated heterocycles. The zero-order valence-corrected chi connectivity index (χ0v) is 10.6. The van der Waals surface area contributed by atoms with Crippen LogP contribution in [0.5, 0.6) is 0 Å². The molecule has 6 heteroatoms. The molecule has 0 spiro atoms. The highest BCUT2D eigenvalue weighted by Gasteiger charge is 2.44. The summed E-state index contributed by atoms with van der Waals surface area (Å²) in [6, 6.07) is 0. The first-order valence-corrected chi connectivity index (χ1v) is 5.43. The molecule has 0 amide bonds. The highest BCUT2D eigenvalue weighted by Crippen LogP contribution is 2.30. The van der Waals surface area contributed by atoms with Gasteiger partial charge in [0.15, 0.2) is 6.10 Å². The van der Waals surface area contributed by atoms with Crippen LogP contribution in [0, 0.1) is 0 Å².